The van der Waals surface area contributed by atoms with Crippen LogP contribution in [0, 0.1) is 11.3 Å². The Hall–Kier alpha value is -3.95. The quantitative estimate of drug-likeness (QED) is 0.495. The summed E-state index contributed by atoms with van der Waals surface area (Å²) in [4.78, 5) is 36.1. The molecule has 3 heterocycles. The second kappa shape index (κ2) is 8.68. The zero-order chi connectivity index (χ0) is 24.7. The van der Waals surface area contributed by atoms with Crippen molar-refractivity contribution in [2.45, 2.75) is 26.7 Å². The fraction of sp³-hybridized carbons (Fsp3) is 0.400. The van der Waals surface area contributed by atoms with Gasteiger partial charge in [0.1, 0.15) is 12.1 Å². The van der Waals surface area contributed by atoms with Crippen LogP contribution < -0.4 is 15.4 Å². The smallest absolute Gasteiger partial charge is 0.323 e. The van der Waals surface area contributed by atoms with E-state index >= 15 is 0 Å². The van der Waals surface area contributed by atoms with Gasteiger partial charge in [0, 0.05) is 43.7 Å². The number of ketones is 1. The standard InChI is InChI=1S/C25H29N7O3/c1-25(2)12-32(13-25)24(34)29-20-10-19(17(11-26-20)21(33)15-8-9-15)28-18-7-5-6-16(22(18)35-4)23-27-14-31(3)30-23/h5-7,10-11,14-15H,8-9,12-13H2,1-4H3,(H2,26,28,29,34). The summed E-state index contributed by atoms with van der Waals surface area (Å²) < 4.78 is 7.34. The van der Waals surface area contributed by atoms with Crippen molar-refractivity contribution >= 4 is 29.0 Å². The molecule has 0 atom stereocenters. The lowest BCUT2D eigenvalue weighted by molar-refractivity contribution is 0.0687. The van der Waals surface area contributed by atoms with Gasteiger partial charge >= 0.3 is 6.03 Å². The molecular weight excluding hydrogens is 446 g/mol. The van der Waals surface area contributed by atoms with Crippen molar-refractivity contribution in [2.24, 2.45) is 18.4 Å². The van der Waals surface area contributed by atoms with Crippen LogP contribution in [0.5, 0.6) is 5.75 Å². The summed E-state index contributed by atoms with van der Waals surface area (Å²) in [7, 11) is 3.38. The molecule has 182 valence electrons. The number of hydrogen-bond acceptors (Lipinski definition) is 7. The number of methoxy groups -OCH3 is 1. The van der Waals surface area contributed by atoms with Gasteiger partial charge in [-0.25, -0.2) is 14.8 Å². The first-order valence-corrected chi connectivity index (χ1v) is 11.6. The Labute approximate surface area is 203 Å². The van der Waals surface area contributed by atoms with Crippen molar-refractivity contribution in [3.05, 3.63) is 42.4 Å². The largest absolute Gasteiger partial charge is 0.494 e. The molecule has 1 aliphatic heterocycles. The first kappa shape index (κ1) is 22.8. The number of likely N-dealkylation sites (tertiary alicyclic amines) is 1. The lowest BCUT2D eigenvalue weighted by Gasteiger charge is -2.45. The Morgan fingerprint density at radius 2 is 1.91 bits per heavy atom. The van der Waals surface area contributed by atoms with Gasteiger partial charge in [0.15, 0.2) is 17.4 Å². The molecule has 1 aliphatic carbocycles. The minimum atomic E-state index is -0.204. The molecule has 1 saturated carbocycles. The second-order valence-electron chi connectivity index (χ2n) is 9.96. The number of urea groups is 1. The molecule has 5 rings (SSSR count). The molecule has 10 nitrogen and oxygen atoms in total. The van der Waals surface area contributed by atoms with Crippen molar-refractivity contribution < 1.29 is 14.3 Å². The number of carbonyl (C=O) groups is 2. The van der Waals surface area contributed by atoms with E-state index in [2.05, 4.69) is 39.5 Å². The lowest BCUT2D eigenvalue weighted by Crippen LogP contribution is -2.56. The highest BCUT2D eigenvalue weighted by molar-refractivity contribution is 6.05. The van der Waals surface area contributed by atoms with Crippen LogP contribution in [0.4, 0.5) is 22.0 Å². The minimum Gasteiger partial charge on any atom is -0.494 e. The van der Waals surface area contributed by atoms with Gasteiger partial charge in [-0.3, -0.25) is 14.8 Å². The van der Waals surface area contributed by atoms with E-state index in [0.29, 0.717) is 47.4 Å². The highest BCUT2D eigenvalue weighted by Crippen LogP contribution is 2.39. The summed E-state index contributed by atoms with van der Waals surface area (Å²) in [6, 6.07) is 7.10. The van der Waals surface area contributed by atoms with E-state index in [9.17, 15) is 9.59 Å². The summed E-state index contributed by atoms with van der Waals surface area (Å²) >= 11 is 0. The van der Waals surface area contributed by atoms with E-state index in [-0.39, 0.29) is 23.1 Å². The summed E-state index contributed by atoms with van der Waals surface area (Å²) in [6.45, 7) is 5.62. The van der Waals surface area contributed by atoms with E-state index in [0.717, 1.165) is 18.4 Å². The Morgan fingerprint density at radius 1 is 1.14 bits per heavy atom. The van der Waals surface area contributed by atoms with Crippen LogP contribution in [0.2, 0.25) is 0 Å². The van der Waals surface area contributed by atoms with Gasteiger partial charge in [0.05, 0.1) is 29.6 Å². The Balaban J connectivity index is 1.46. The topological polar surface area (TPSA) is 114 Å². The van der Waals surface area contributed by atoms with Crippen LogP contribution in [0.15, 0.2) is 36.8 Å². The third-order valence-corrected chi connectivity index (χ3v) is 6.21. The first-order valence-electron chi connectivity index (χ1n) is 11.6. The summed E-state index contributed by atoms with van der Waals surface area (Å²) in [5, 5.41) is 10.6. The summed E-state index contributed by atoms with van der Waals surface area (Å²) in [6.07, 6.45) is 4.92. The SMILES string of the molecule is COc1c(Nc2cc(NC(=O)N3CC(C)(C)C3)ncc2C(=O)C2CC2)cccc1-c1ncn(C)n1. The van der Waals surface area contributed by atoms with Crippen LogP contribution in [-0.4, -0.2) is 56.7 Å². The van der Waals surface area contributed by atoms with Gasteiger partial charge in [0.25, 0.3) is 0 Å². The maximum atomic E-state index is 13.0. The molecule has 0 bridgehead atoms. The van der Waals surface area contributed by atoms with Gasteiger partial charge < -0.3 is 15.0 Å². The molecule has 35 heavy (non-hydrogen) atoms. The number of aryl methyl sites for hydroxylation is 1. The zero-order valence-electron chi connectivity index (χ0n) is 20.3. The van der Waals surface area contributed by atoms with Gasteiger partial charge in [0.2, 0.25) is 0 Å². The van der Waals surface area contributed by atoms with Crippen LogP contribution >= 0.6 is 0 Å². The molecule has 3 aromatic rings. The summed E-state index contributed by atoms with van der Waals surface area (Å²) in [5.74, 6) is 1.52. The average molecular weight is 476 g/mol. The number of rotatable bonds is 7. The summed E-state index contributed by atoms with van der Waals surface area (Å²) in [5.41, 5.74) is 2.54. The molecule has 1 saturated heterocycles. The monoisotopic (exact) mass is 475 g/mol. The fourth-order valence-electron chi connectivity index (χ4n) is 4.35. The molecule has 0 unspecified atom stereocenters. The number of hydrogen-bond donors (Lipinski definition) is 2. The van der Waals surface area contributed by atoms with E-state index in [1.165, 1.54) is 6.20 Å². The molecule has 0 radical (unpaired) electrons. The van der Waals surface area contributed by atoms with E-state index in [1.807, 2.05) is 18.2 Å². The predicted octanol–water partition coefficient (Wildman–Crippen LogP) is 4.10. The fourth-order valence-corrected chi connectivity index (χ4v) is 4.35. The number of aromatic nitrogens is 4. The molecule has 2 fully saturated rings. The average Bonchev–Trinajstić information content (AvgIpc) is 3.57. The Bertz CT molecular complexity index is 1290. The maximum absolute atomic E-state index is 13.0. The number of para-hydroxylation sites is 1. The highest BCUT2D eigenvalue weighted by Gasteiger charge is 2.37. The van der Waals surface area contributed by atoms with Crippen LogP contribution in [-0.2, 0) is 7.05 Å². The number of nitrogens with zero attached hydrogens (tertiary/aromatic N) is 5. The number of benzene rings is 1. The van der Waals surface area contributed by atoms with Gasteiger partial charge in [-0.2, -0.15) is 5.10 Å². The minimum absolute atomic E-state index is 0.0204. The van der Waals surface area contributed by atoms with Crippen LogP contribution in [0.3, 0.4) is 0 Å². The molecule has 10 heteroatoms. The van der Waals surface area contributed by atoms with E-state index in [1.54, 1.807) is 36.1 Å². The van der Waals surface area contributed by atoms with E-state index in [4.69, 9.17) is 4.74 Å². The normalized spacial score (nSPS) is 16.4. The zero-order valence-corrected chi connectivity index (χ0v) is 20.3. The highest BCUT2D eigenvalue weighted by atomic mass is 16.5. The van der Waals surface area contributed by atoms with Crippen LogP contribution in [0.25, 0.3) is 11.4 Å². The third-order valence-electron chi connectivity index (χ3n) is 6.21. The number of anilines is 3. The van der Waals surface area contributed by atoms with Crippen LogP contribution in [0.1, 0.15) is 37.0 Å². The molecule has 2 aromatic heterocycles. The van der Waals surface area contributed by atoms with Gasteiger partial charge in [-0.15, -0.1) is 0 Å². The number of Topliss-reactive ketones (excluding diaryl/α,β-unsaturated/α-hetero) is 1. The predicted molar refractivity (Wildman–Crippen MR) is 132 cm³/mol. The second-order valence-corrected chi connectivity index (χ2v) is 9.96. The number of nitrogens with one attached hydrogen (secondary N) is 2. The molecule has 2 amide bonds. The molecule has 1 aromatic carbocycles. The van der Waals surface area contributed by atoms with E-state index < -0.39 is 0 Å². The lowest BCUT2D eigenvalue weighted by atomic mass is 9.85. The number of carbonyl (C=O) groups excluding carboxylic acids is 2. The van der Waals surface area contributed by atoms with Crippen molar-refractivity contribution in [2.75, 3.05) is 30.8 Å². The van der Waals surface area contributed by atoms with Gasteiger partial charge in [-0.1, -0.05) is 19.9 Å². The van der Waals surface area contributed by atoms with Crippen molar-refractivity contribution in [3.8, 4) is 17.1 Å². The molecule has 2 N–H and O–H groups in total. The third kappa shape index (κ3) is 4.68. The molecule has 2 aliphatic rings. The maximum Gasteiger partial charge on any atom is 0.323 e. The van der Waals surface area contributed by atoms with Crippen molar-refractivity contribution in [1.82, 2.24) is 24.6 Å². The molecule has 0 spiro atoms. The Morgan fingerprint density at radius 3 is 2.54 bits per heavy atom. The first-order chi connectivity index (χ1) is 16.7. The number of ether oxygens (including phenoxy) is 1. The van der Waals surface area contributed by atoms with Crippen molar-refractivity contribution in [1.29, 1.82) is 0 Å². The van der Waals surface area contributed by atoms with Crippen molar-refractivity contribution in [3.63, 3.8) is 0 Å². The number of amides is 2. The molecular formula is C25H29N7O3. The Kier molecular flexibility index (Phi) is 5.66. The van der Waals surface area contributed by atoms with Gasteiger partial charge in [-0.05, 0) is 25.0 Å². The number of pyridine rings is 1.